The second kappa shape index (κ2) is 3.16. The fraction of sp³-hybridized carbons (Fsp3) is 0.778. The van der Waals surface area contributed by atoms with E-state index in [4.69, 9.17) is 0 Å². The molecule has 3 unspecified atom stereocenters. The predicted octanol–water partition coefficient (Wildman–Crippen LogP) is 1.44. The summed E-state index contributed by atoms with van der Waals surface area (Å²) in [4.78, 5) is 21.0. The maximum Gasteiger partial charge on any atom is 0.133 e. The molecule has 0 saturated heterocycles. The Hall–Kier alpha value is -0.660. The zero-order valence-electron chi connectivity index (χ0n) is 7.04. The van der Waals surface area contributed by atoms with Gasteiger partial charge in [-0.15, -0.1) is 0 Å². The van der Waals surface area contributed by atoms with Crippen molar-refractivity contribution in [1.29, 1.82) is 0 Å². The molecule has 1 aliphatic rings. The van der Waals surface area contributed by atoms with E-state index in [1.165, 1.54) is 0 Å². The lowest BCUT2D eigenvalue weighted by molar-refractivity contribution is -0.129. The molecule has 11 heavy (non-hydrogen) atoms. The Morgan fingerprint density at radius 3 is 2.64 bits per heavy atom. The number of ketones is 1. The topological polar surface area (TPSA) is 34.1 Å². The molecular weight excluding hydrogens is 140 g/mol. The Balaban J connectivity index is 2.37. The summed E-state index contributed by atoms with van der Waals surface area (Å²) in [5, 5.41) is 0. The first-order valence-electron chi connectivity index (χ1n) is 4.11. The zero-order valence-corrected chi connectivity index (χ0v) is 7.04. The maximum atomic E-state index is 10.9. The molecule has 0 spiro atoms. The molecule has 1 aliphatic carbocycles. The predicted molar refractivity (Wildman–Crippen MR) is 42.1 cm³/mol. The highest BCUT2D eigenvalue weighted by atomic mass is 16.1. The molecule has 0 amide bonds. The quantitative estimate of drug-likeness (QED) is 0.576. The molecule has 0 heterocycles. The van der Waals surface area contributed by atoms with Gasteiger partial charge in [-0.2, -0.15) is 0 Å². The molecule has 2 heteroatoms. The van der Waals surface area contributed by atoms with E-state index < -0.39 is 0 Å². The number of rotatable bonds is 3. The summed E-state index contributed by atoms with van der Waals surface area (Å²) in [6.07, 6.45) is 2.51. The van der Waals surface area contributed by atoms with Gasteiger partial charge in [0.15, 0.2) is 0 Å². The van der Waals surface area contributed by atoms with Crippen LogP contribution >= 0.6 is 0 Å². The van der Waals surface area contributed by atoms with Crippen molar-refractivity contribution in [3.63, 3.8) is 0 Å². The summed E-state index contributed by atoms with van der Waals surface area (Å²) >= 11 is 0. The van der Waals surface area contributed by atoms with Gasteiger partial charge in [-0.3, -0.25) is 4.79 Å². The van der Waals surface area contributed by atoms with E-state index in [0.29, 0.717) is 18.3 Å². The number of hydrogen-bond donors (Lipinski definition) is 0. The smallest absolute Gasteiger partial charge is 0.133 e. The number of Topliss-reactive ketones (excluding diaryl/α,β-unsaturated/α-hetero) is 1. The van der Waals surface area contributed by atoms with Crippen LogP contribution in [0.5, 0.6) is 0 Å². The van der Waals surface area contributed by atoms with Crippen molar-refractivity contribution in [2.75, 3.05) is 0 Å². The molecule has 0 bridgehead atoms. The first kappa shape index (κ1) is 8.44. The normalized spacial score (nSPS) is 36.0. The largest absolute Gasteiger partial charge is 0.303 e. The van der Waals surface area contributed by atoms with Gasteiger partial charge in [-0.25, -0.2) is 0 Å². The molecule has 2 nitrogen and oxygen atoms in total. The molecule has 3 atom stereocenters. The van der Waals surface area contributed by atoms with Gasteiger partial charge in [-0.05, 0) is 25.2 Å². The molecule has 0 aliphatic heterocycles. The van der Waals surface area contributed by atoms with Crippen LogP contribution in [0, 0.1) is 17.8 Å². The first-order chi connectivity index (χ1) is 5.16. The highest BCUT2D eigenvalue weighted by Gasteiger charge is 2.39. The molecule has 0 aromatic carbocycles. The third-order valence-electron chi connectivity index (χ3n) is 2.86. The minimum atomic E-state index is 0.236. The van der Waals surface area contributed by atoms with E-state index in [2.05, 4.69) is 6.92 Å². The van der Waals surface area contributed by atoms with Crippen LogP contribution in [0.15, 0.2) is 0 Å². The van der Waals surface area contributed by atoms with E-state index in [9.17, 15) is 9.59 Å². The SMILES string of the molecule is CC(=O)C1CC(CC=O)C1C. The second-order valence-corrected chi connectivity index (χ2v) is 3.47. The fourth-order valence-electron chi connectivity index (χ4n) is 1.86. The van der Waals surface area contributed by atoms with Gasteiger partial charge in [0.05, 0.1) is 0 Å². The van der Waals surface area contributed by atoms with E-state index >= 15 is 0 Å². The van der Waals surface area contributed by atoms with Crippen LogP contribution in [0.1, 0.15) is 26.7 Å². The first-order valence-corrected chi connectivity index (χ1v) is 4.11. The molecule has 1 saturated carbocycles. The summed E-state index contributed by atoms with van der Waals surface area (Å²) in [6, 6.07) is 0. The van der Waals surface area contributed by atoms with Gasteiger partial charge in [0.25, 0.3) is 0 Å². The summed E-state index contributed by atoms with van der Waals surface area (Å²) < 4.78 is 0. The molecule has 0 N–H and O–H groups in total. The van der Waals surface area contributed by atoms with Crippen molar-refractivity contribution in [2.45, 2.75) is 26.7 Å². The standard InChI is InChI=1S/C9H14O2/c1-6-8(3-4-10)5-9(6)7(2)11/h4,6,8-9H,3,5H2,1-2H3. The van der Waals surface area contributed by atoms with E-state index in [-0.39, 0.29) is 11.7 Å². The Kier molecular flexibility index (Phi) is 2.42. The molecule has 0 aromatic heterocycles. The van der Waals surface area contributed by atoms with E-state index in [1.54, 1.807) is 6.92 Å². The van der Waals surface area contributed by atoms with Crippen molar-refractivity contribution in [1.82, 2.24) is 0 Å². The van der Waals surface area contributed by atoms with Gasteiger partial charge in [-0.1, -0.05) is 6.92 Å². The van der Waals surface area contributed by atoms with Crippen LogP contribution in [0.3, 0.4) is 0 Å². The van der Waals surface area contributed by atoms with Gasteiger partial charge in [0.2, 0.25) is 0 Å². The van der Waals surface area contributed by atoms with Crippen LogP contribution in [0.25, 0.3) is 0 Å². The minimum absolute atomic E-state index is 0.236. The highest BCUT2D eigenvalue weighted by molar-refractivity contribution is 5.79. The van der Waals surface area contributed by atoms with Crippen LogP contribution in [-0.4, -0.2) is 12.1 Å². The molecule has 0 aromatic rings. The van der Waals surface area contributed by atoms with E-state index in [1.807, 2.05) is 0 Å². The molecule has 1 rings (SSSR count). The Morgan fingerprint density at radius 1 is 1.64 bits per heavy atom. The number of hydrogen-bond acceptors (Lipinski definition) is 2. The molecule has 1 fully saturated rings. The maximum absolute atomic E-state index is 10.9. The van der Waals surface area contributed by atoms with E-state index in [0.717, 1.165) is 12.7 Å². The monoisotopic (exact) mass is 154 g/mol. The summed E-state index contributed by atoms with van der Waals surface area (Å²) in [5.41, 5.74) is 0. The number of aldehydes is 1. The van der Waals surface area contributed by atoms with Crippen molar-refractivity contribution < 1.29 is 9.59 Å². The molecule has 0 radical (unpaired) electrons. The number of carbonyl (C=O) groups is 2. The second-order valence-electron chi connectivity index (χ2n) is 3.47. The Bertz CT molecular complexity index is 174. The Labute approximate surface area is 67.0 Å². The number of carbonyl (C=O) groups excluding carboxylic acids is 2. The lowest BCUT2D eigenvalue weighted by atomic mass is 9.63. The van der Waals surface area contributed by atoms with Crippen molar-refractivity contribution >= 4 is 12.1 Å². The van der Waals surface area contributed by atoms with Crippen molar-refractivity contribution in [3.05, 3.63) is 0 Å². The lowest BCUT2D eigenvalue weighted by Gasteiger charge is -2.40. The van der Waals surface area contributed by atoms with Crippen molar-refractivity contribution in [2.24, 2.45) is 17.8 Å². The zero-order chi connectivity index (χ0) is 8.43. The van der Waals surface area contributed by atoms with Crippen molar-refractivity contribution in [3.8, 4) is 0 Å². The van der Waals surface area contributed by atoms with Gasteiger partial charge < -0.3 is 4.79 Å². The van der Waals surface area contributed by atoms with Crippen LogP contribution in [0.4, 0.5) is 0 Å². The van der Waals surface area contributed by atoms with Crippen LogP contribution < -0.4 is 0 Å². The highest BCUT2D eigenvalue weighted by Crippen LogP contribution is 2.41. The van der Waals surface area contributed by atoms with Crippen LogP contribution in [-0.2, 0) is 9.59 Å². The molecular formula is C9H14O2. The Morgan fingerprint density at radius 2 is 2.27 bits per heavy atom. The summed E-state index contributed by atoms with van der Waals surface area (Å²) in [6.45, 7) is 3.70. The summed E-state index contributed by atoms with van der Waals surface area (Å²) in [7, 11) is 0. The third-order valence-corrected chi connectivity index (χ3v) is 2.86. The minimum Gasteiger partial charge on any atom is -0.303 e. The van der Waals surface area contributed by atoms with Gasteiger partial charge >= 0.3 is 0 Å². The third kappa shape index (κ3) is 1.50. The fourth-order valence-corrected chi connectivity index (χ4v) is 1.86. The van der Waals surface area contributed by atoms with Gasteiger partial charge in [0, 0.05) is 12.3 Å². The average Bonchev–Trinajstić information content (AvgIpc) is 1.95. The lowest BCUT2D eigenvalue weighted by Crippen LogP contribution is -2.38. The van der Waals surface area contributed by atoms with Crippen LogP contribution in [0.2, 0.25) is 0 Å². The molecule has 62 valence electrons. The van der Waals surface area contributed by atoms with Gasteiger partial charge in [0.1, 0.15) is 12.1 Å². The average molecular weight is 154 g/mol. The summed E-state index contributed by atoms with van der Waals surface area (Å²) in [5.74, 6) is 1.42.